The van der Waals surface area contributed by atoms with E-state index in [4.69, 9.17) is 4.74 Å². The van der Waals surface area contributed by atoms with Crippen molar-refractivity contribution in [2.45, 2.75) is 78.4 Å². The Labute approximate surface area is 131 Å². The highest BCUT2D eigenvalue weighted by Gasteiger charge is 2.20. The van der Waals surface area contributed by atoms with Crippen molar-refractivity contribution in [2.75, 3.05) is 6.54 Å². The van der Waals surface area contributed by atoms with Gasteiger partial charge in [0.05, 0.1) is 0 Å². The third kappa shape index (κ3) is 5.70. The van der Waals surface area contributed by atoms with Crippen molar-refractivity contribution in [1.82, 2.24) is 5.32 Å². The van der Waals surface area contributed by atoms with Crippen molar-refractivity contribution >= 4 is 0 Å². The van der Waals surface area contributed by atoms with Crippen LogP contribution in [0.1, 0.15) is 66.4 Å². The Morgan fingerprint density at radius 2 is 1.67 bits per heavy atom. The number of benzene rings is 1. The van der Waals surface area contributed by atoms with Gasteiger partial charge in [-0.2, -0.15) is 0 Å². The van der Waals surface area contributed by atoms with Gasteiger partial charge in [0, 0.05) is 6.04 Å². The Kier molecular flexibility index (Phi) is 7.24. The van der Waals surface area contributed by atoms with Crippen LogP contribution in [0.2, 0.25) is 0 Å². The molecule has 21 heavy (non-hydrogen) atoms. The monoisotopic (exact) mass is 291 g/mol. The van der Waals surface area contributed by atoms with Gasteiger partial charge in [0.25, 0.3) is 0 Å². The maximum absolute atomic E-state index is 6.24. The van der Waals surface area contributed by atoms with Crippen molar-refractivity contribution < 1.29 is 4.74 Å². The summed E-state index contributed by atoms with van der Waals surface area (Å²) in [7, 11) is 0. The lowest BCUT2D eigenvalue weighted by atomic mass is 9.87. The number of hydrogen-bond acceptors (Lipinski definition) is 2. The summed E-state index contributed by atoms with van der Waals surface area (Å²) in [6, 6.07) is 9.03. The maximum Gasteiger partial charge on any atom is 0.119 e. The molecule has 0 saturated heterocycles. The summed E-state index contributed by atoms with van der Waals surface area (Å²) in [5.74, 6) is 0.980. The van der Waals surface area contributed by atoms with Crippen LogP contribution in [0.15, 0.2) is 24.3 Å². The van der Waals surface area contributed by atoms with E-state index in [1.54, 1.807) is 0 Å². The van der Waals surface area contributed by atoms with E-state index in [2.05, 4.69) is 71.1 Å². The molecule has 0 radical (unpaired) electrons. The molecule has 0 aliphatic carbocycles. The molecule has 2 atom stereocenters. The molecule has 1 rings (SSSR count). The van der Waals surface area contributed by atoms with E-state index in [-0.39, 0.29) is 11.5 Å². The van der Waals surface area contributed by atoms with E-state index < -0.39 is 0 Å². The van der Waals surface area contributed by atoms with Gasteiger partial charge in [-0.1, -0.05) is 60.1 Å². The molecule has 1 aromatic rings. The highest BCUT2D eigenvalue weighted by Crippen LogP contribution is 2.25. The Hall–Kier alpha value is -1.02. The van der Waals surface area contributed by atoms with Crippen LogP contribution in [0.25, 0.3) is 0 Å². The number of rotatable bonds is 8. The quantitative estimate of drug-likeness (QED) is 0.734. The Morgan fingerprint density at radius 1 is 1.05 bits per heavy atom. The summed E-state index contributed by atoms with van der Waals surface area (Å²) in [4.78, 5) is 0. The largest absolute Gasteiger partial charge is 0.489 e. The lowest BCUT2D eigenvalue weighted by Gasteiger charge is -2.28. The predicted molar refractivity (Wildman–Crippen MR) is 92.2 cm³/mol. The first-order valence-electron chi connectivity index (χ1n) is 8.42. The third-order valence-corrected chi connectivity index (χ3v) is 3.92. The Balaban J connectivity index is 2.76. The average molecular weight is 291 g/mol. The molecule has 1 N–H and O–H groups in total. The first-order valence-corrected chi connectivity index (χ1v) is 8.42. The van der Waals surface area contributed by atoms with Crippen LogP contribution in [0.4, 0.5) is 0 Å². The Morgan fingerprint density at radius 3 is 2.10 bits per heavy atom. The fraction of sp³-hybridized carbons (Fsp3) is 0.684. The standard InChI is InChI=1S/C19H33NO/c1-7-10-17(20-9-3)18(8-2)21-16-13-11-15(12-14-16)19(4,5)6/h11-14,17-18,20H,7-10H2,1-6H3. The molecule has 1 aromatic carbocycles. The summed E-state index contributed by atoms with van der Waals surface area (Å²) in [6.07, 6.45) is 3.61. The molecule has 0 fully saturated rings. The van der Waals surface area contributed by atoms with Gasteiger partial charge >= 0.3 is 0 Å². The van der Waals surface area contributed by atoms with Gasteiger partial charge in [-0.3, -0.25) is 0 Å². The normalized spacial score (nSPS) is 14.8. The molecule has 2 unspecified atom stereocenters. The highest BCUT2D eigenvalue weighted by atomic mass is 16.5. The van der Waals surface area contributed by atoms with Crippen LogP contribution < -0.4 is 10.1 Å². The molecule has 0 aromatic heterocycles. The summed E-state index contributed by atoms with van der Waals surface area (Å²) in [6.45, 7) is 14.3. The Bertz CT molecular complexity index is 385. The highest BCUT2D eigenvalue weighted by molar-refractivity contribution is 5.31. The summed E-state index contributed by atoms with van der Waals surface area (Å²) >= 11 is 0. The van der Waals surface area contributed by atoms with E-state index in [1.807, 2.05) is 0 Å². The number of likely N-dealkylation sites (N-methyl/N-ethyl adjacent to an activating group) is 1. The van der Waals surface area contributed by atoms with Crippen LogP contribution in [0, 0.1) is 0 Å². The lowest BCUT2D eigenvalue weighted by Crippen LogP contribution is -2.42. The molecule has 0 aliphatic rings. The van der Waals surface area contributed by atoms with Crippen molar-refractivity contribution in [2.24, 2.45) is 0 Å². The van der Waals surface area contributed by atoms with Crippen molar-refractivity contribution in [1.29, 1.82) is 0 Å². The molecule has 120 valence electrons. The first kappa shape index (κ1) is 18.0. The van der Waals surface area contributed by atoms with Gasteiger partial charge in [0.15, 0.2) is 0 Å². The van der Waals surface area contributed by atoms with E-state index in [0.717, 1.165) is 25.1 Å². The molecule has 2 nitrogen and oxygen atoms in total. The van der Waals surface area contributed by atoms with Gasteiger partial charge in [-0.05, 0) is 42.5 Å². The molecule has 0 saturated carbocycles. The average Bonchev–Trinajstić information content (AvgIpc) is 2.44. The van der Waals surface area contributed by atoms with Gasteiger partial charge in [-0.25, -0.2) is 0 Å². The van der Waals surface area contributed by atoms with Crippen molar-refractivity contribution in [3.63, 3.8) is 0 Å². The fourth-order valence-electron chi connectivity index (χ4n) is 2.65. The van der Waals surface area contributed by atoms with Crippen LogP contribution in [-0.4, -0.2) is 18.7 Å². The van der Waals surface area contributed by atoms with Crippen LogP contribution >= 0.6 is 0 Å². The van der Waals surface area contributed by atoms with Crippen LogP contribution in [0.5, 0.6) is 5.75 Å². The van der Waals surface area contributed by atoms with Gasteiger partial charge in [0.1, 0.15) is 11.9 Å². The second-order valence-corrected chi connectivity index (χ2v) is 6.79. The molecule has 2 heteroatoms. The smallest absolute Gasteiger partial charge is 0.119 e. The van der Waals surface area contributed by atoms with Crippen molar-refractivity contribution in [3.8, 4) is 5.75 Å². The third-order valence-electron chi connectivity index (χ3n) is 3.92. The molecular formula is C19H33NO. The van der Waals surface area contributed by atoms with Gasteiger partial charge in [0.2, 0.25) is 0 Å². The van der Waals surface area contributed by atoms with Gasteiger partial charge < -0.3 is 10.1 Å². The van der Waals surface area contributed by atoms with Crippen LogP contribution in [0.3, 0.4) is 0 Å². The minimum atomic E-state index is 0.192. The number of hydrogen-bond donors (Lipinski definition) is 1. The molecule has 0 aliphatic heterocycles. The fourth-order valence-corrected chi connectivity index (χ4v) is 2.65. The summed E-state index contributed by atoms with van der Waals surface area (Å²) in [5, 5.41) is 3.57. The van der Waals surface area contributed by atoms with Gasteiger partial charge in [-0.15, -0.1) is 0 Å². The molecular weight excluding hydrogens is 258 g/mol. The minimum Gasteiger partial charge on any atom is -0.489 e. The topological polar surface area (TPSA) is 21.3 Å². The van der Waals surface area contributed by atoms with Crippen molar-refractivity contribution in [3.05, 3.63) is 29.8 Å². The minimum absolute atomic E-state index is 0.192. The number of ether oxygens (including phenoxy) is 1. The summed E-state index contributed by atoms with van der Waals surface area (Å²) < 4.78 is 6.24. The van der Waals surface area contributed by atoms with E-state index in [9.17, 15) is 0 Å². The van der Waals surface area contributed by atoms with E-state index >= 15 is 0 Å². The zero-order chi connectivity index (χ0) is 15.9. The zero-order valence-electron chi connectivity index (χ0n) is 14.7. The molecule has 0 amide bonds. The molecule has 0 heterocycles. The lowest BCUT2D eigenvalue weighted by molar-refractivity contribution is 0.143. The summed E-state index contributed by atoms with van der Waals surface area (Å²) in [5.41, 5.74) is 1.54. The second kappa shape index (κ2) is 8.43. The zero-order valence-corrected chi connectivity index (χ0v) is 14.7. The number of nitrogens with one attached hydrogen (secondary N) is 1. The SMILES string of the molecule is CCCC(NCC)C(CC)Oc1ccc(C(C)(C)C)cc1. The second-order valence-electron chi connectivity index (χ2n) is 6.79. The molecule has 0 bridgehead atoms. The first-order chi connectivity index (χ1) is 9.92. The van der Waals surface area contributed by atoms with Crippen LogP contribution in [-0.2, 0) is 5.41 Å². The predicted octanol–water partition coefficient (Wildman–Crippen LogP) is 4.92. The van der Waals surface area contributed by atoms with E-state index in [1.165, 1.54) is 12.0 Å². The van der Waals surface area contributed by atoms with E-state index in [0.29, 0.717) is 6.04 Å². The maximum atomic E-state index is 6.24. The molecule has 0 spiro atoms.